The van der Waals surface area contributed by atoms with E-state index in [4.69, 9.17) is 0 Å². The lowest BCUT2D eigenvalue weighted by Gasteiger charge is -2.12. The van der Waals surface area contributed by atoms with Crippen molar-refractivity contribution >= 4 is 27.8 Å². The summed E-state index contributed by atoms with van der Waals surface area (Å²) < 4.78 is 3.24. The Morgan fingerprint density at radius 3 is 1.41 bits per heavy atom. The third-order valence-corrected chi connectivity index (χ3v) is 8.36. The standard InChI is InChI=1S/2C13H9.Mg/c2*1-3-7-12-10(5-1)9-11-6-2-4-8-13(11)12;/h2*1-5,7-8H,9H2;. The molecule has 0 spiro atoms. The van der Waals surface area contributed by atoms with Gasteiger partial charge >= 0.3 is 20.4 Å². The summed E-state index contributed by atoms with van der Waals surface area (Å²) in [5.41, 5.74) is 11.9. The smallest absolute Gasteiger partial charge is 0.161 e. The molecule has 0 N–H and O–H groups in total. The molecule has 0 unspecified atom stereocenters. The molecule has 0 aliphatic heterocycles. The first kappa shape index (κ1) is 15.7. The van der Waals surface area contributed by atoms with Gasteiger partial charge in [0, 0.05) is 0 Å². The molecular formula is C26H18Mg. The van der Waals surface area contributed by atoms with Crippen molar-refractivity contribution in [3.8, 4) is 22.3 Å². The fourth-order valence-electron chi connectivity index (χ4n) is 4.98. The van der Waals surface area contributed by atoms with Crippen molar-refractivity contribution in [2.24, 2.45) is 0 Å². The lowest BCUT2D eigenvalue weighted by molar-refractivity contribution is 1.27. The molecule has 0 fully saturated rings. The molecule has 2 aliphatic rings. The fourth-order valence-corrected chi connectivity index (χ4v) is 6.96. The Labute approximate surface area is 169 Å². The number of rotatable bonds is 2. The van der Waals surface area contributed by atoms with E-state index in [1.54, 1.807) is 18.5 Å². The minimum absolute atomic E-state index is 0.507. The van der Waals surface area contributed by atoms with Crippen molar-refractivity contribution in [2.45, 2.75) is 12.8 Å². The Morgan fingerprint density at radius 2 is 0.889 bits per heavy atom. The molecule has 0 nitrogen and oxygen atoms in total. The van der Waals surface area contributed by atoms with Crippen molar-refractivity contribution in [1.82, 2.24) is 0 Å². The molecule has 2 aliphatic carbocycles. The molecule has 0 amide bonds. The Bertz CT molecular complexity index is 1110. The Balaban J connectivity index is 1.43. The summed E-state index contributed by atoms with van der Waals surface area (Å²) in [4.78, 5) is 0. The molecule has 4 aromatic carbocycles. The lowest BCUT2D eigenvalue weighted by atomic mass is 10.1. The summed E-state index contributed by atoms with van der Waals surface area (Å²) in [5, 5.41) is 0. The van der Waals surface area contributed by atoms with Gasteiger partial charge in [0.1, 0.15) is 0 Å². The van der Waals surface area contributed by atoms with Gasteiger partial charge in [-0.1, -0.05) is 96.1 Å². The highest BCUT2D eigenvalue weighted by molar-refractivity contribution is 6.68. The minimum atomic E-state index is -0.507. The molecule has 0 saturated heterocycles. The van der Waals surface area contributed by atoms with Crippen LogP contribution in [0.15, 0.2) is 84.9 Å². The van der Waals surface area contributed by atoms with E-state index < -0.39 is 20.4 Å². The highest BCUT2D eigenvalue weighted by atomic mass is 24.5. The predicted molar refractivity (Wildman–Crippen MR) is 114 cm³/mol. The number of fused-ring (bicyclic) bond motifs is 6. The van der Waals surface area contributed by atoms with Gasteiger partial charge in [-0.15, -0.1) is 0 Å². The third kappa shape index (κ3) is 2.42. The van der Waals surface area contributed by atoms with Gasteiger partial charge in [-0.3, -0.25) is 0 Å². The summed E-state index contributed by atoms with van der Waals surface area (Å²) in [5.74, 6) is 0. The summed E-state index contributed by atoms with van der Waals surface area (Å²) in [6, 6.07) is 31.7. The topological polar surface area (TPSA) is 0 Å². The average Bonchev–Trinajstić information content (AvgIpc) is 3.28. The van der Waals surface area contributed by atoms with Crippen molar-refractivity contribution in [3.05, 3.63) is 107 Å². The van der Waals surface area contributed by atoms with E-state index in [0.717, 1.165) is 12.8 Å². The van der Waals surface area contributed by atoms with Crippen molar-refractivity contribution in [3.63, 3.8) is 0 Å². The van der Waals surface area contributed by atoms with Crippen molar-refractivity contribution in [2.75, 3.05) is 0 Å². The Morgan fingerprint density at radius 1 is 0.444 bits per heavy atom. The molecule has 124 valence electrons. The van der Waals surface area contributed by atoms with E-state index >= 15 is 0 Å². The third-order valence-electron chi connectivity index (χ3n) is 6.28. The highest BCUT2D eigenvalue weighted by Gasteiger charge is 2.24. The maximum atomic E-state index is 2.39. The van der Waals surface area contributed by atoms with E-state index in [-0.39, 0.29) is 0 Å². The second-order valence-corrected chi connectivity index (χ2v) is 9.61. The summed E-state index contributed by atoms with van der Waals surface area (Å²) in [7, 11) is 0. The SMILES string of the molecule is c1ccc2c(c1)Cc1[c]([Mg][c]3cccc4c3Cc3ccccc3-4)cccc1-2. The van der Waals surface area contributed by atoms with E-state index in [9.17, 15) is 0 Å². The second-order valence-electron chi connectivity index (χ2n) is 7.73. The summed E-state index contributed by atoms with van der Waals surface area (Å²) in [6.07, 6.45) is 2.20. The van der Waals surface area contributed by atoms with Gasteiger partial charge in [-0.25, -0.2) is 0 Å². The van der Waals surface area contributed by atoms with Gasteiger partial charge in [0.05, 0.1) is 0 Å². The zero-order valence-electron chi connectivity index (χ0n) is 15.2. The van der Waals surface area contributed by atoms with Crippen LogP contribution in [0.1, 0.15) is 22.3 Å². The monoisotopic (exact) mass is 354 g/mol. The molecule has 0 heterocycles. The van der Waals surface area contributed by atoms with Crippen LogP contribution in [-0.2, 0) is 12.8 Å². The molecule has 6 rings (SSSR count). The molecular weight excluding hydrogens is 337 g/mol. The van der Waals surface area contributed by atoms with Gasteiger partial charge < -0.3 is 0 Å². The Hall–Kier alpha value is -2.35. The zero-order chi connectivity index (χ0) is 17.8. The van der Waals surface area contributed by atoms with E-state index in [1.165, 1.54) is 33.4 Å². The van der Waals surface area contributed by atoms with Crippen LogP contribution in [0.3, 0.4) is 0 Å². The minimum Gasteiger partial charge on any atom is -0.161 e. The van der Waals surface area contributed by atoms with Gasteiger partial charge in [0.2, 0.25) is 0 Å². The van der Waals surface area contributed by atoms with Crippen LogP contribution in [0.4, 0.5) is 0 Å². The quantitative estimate of drug-likeness (QED) is 0.402. The number of benzene rings is 4. The number of hydrogen-bond donors (Lipinski definition) is 0. The van der Waals surface area contributed by atoms with Gasteiger partial charge in [-0.2, -0.15) is 7.39 Å². The molecule has 1 heteroatoms. The van der Waals surface area contributed by atoms with Crippen LogP contribution >= 0.6 is 0 Å². The fraction of sp³-hybridized carbons (Fsp3) is 0.0769. The van der Waals surface area contributed by atoms with Crippen LogP contribution in [0, 0.1) is 0 Å². The second kappa shape index (κ2) is 6.08. The highest BCUT2D eigenvalue weighted by Crippen LogP contribution is 2.36. The van der Waals surface area contributed by atoms with Crippen LogP contribution in [0.5, 0.6) is 0 Å². The van der Waals surface area contributed by atoms with E-state index in [1.807, 2.05) is 0 Å². The molecule has 0 aromatic heterocycles. The largest absolute Gasteiger partial charge is 0.451 e. The first-order valence-electron chi connectivity index (χ1n) is 9.76. The van der Waals surface area contributed by atoms with Crippen LogP contribution in [0.2, 0.25) is 0 Å². The molecule has 0 saturated carbocycles. The maximum absolute atomic E-state index is 2.39. The van der Waals surface area contributed by atoms with Crippen LogP contribution in [0.25, 0.3) is 22.3 Å². The summed E-state index contributed by atoms with van der Waals surface area (Å²) >= 11 is -0.507. The molecule has 27 heavy (non-hydrogen) atoms. The van der Waals surface area contributed by atoms with Crippen LogP contribution in [-0.4, -0.2) is 20.4 Å². The van der Waals surface area contributed by atoms with Gasteiger partial charge in [0.25, 0.3) is 0 Å². The maximum Gasteiger partial charge on any atom is 0.451 e. The lowest BCUT2D eigenvalue weighted by Crippen LogP contribution is -2.32. The first-order chi connectivity index (χ1) is 13.4. The Kier molecular flexibility index (Phi) is 3.53. The molecule has 4 aromatic rings. The van der Waals surface area contributed by atoms with Crippen molar-refractivity contribution < 1.29 is 0 Å². The number of hydrogen-bond acceptors (Lipinski definition) is 0. The van der Waals surface area contributed by atoms with E-state index in [2.05, 4.69) is 84.9 Å². The van der Waals surface area contributed by atoms with Crippen molar-refractivity contribution in [1.29, 1.82) is 0 Å². The normalized spacial score (nSPS) is 12.7. The zero-order valence-corrected chi connectivity index (χ0v) is 16.6. The summed E-state index contributed by atoms with van der Waals surface area (Å²) in [6.45, 7) is 0. The predicted octanol–water partition coefficient (Wildman–Crippen LogP) is 4.48. The van der Waals surface area contributed by atoms with Crippen LogP contribution < -0.4 is 7.39 Å². The van der Waals surface area contributed by atoms with Gasteiger partial charge in [-0.05, 0) is 46.2 Å². The first-order valence-corrected chi connectivity index (χ1v) is 11.2. The molecule has 0 bridgehead atoms. The van der Waals surface area contributed by atoms with E-state index in [0.29, 0.717) is 0 Å². The average molecular weight is 355 g/mol. The molecule has 0 radical (unpaired) electrons. The van der Waals surface area contributed by atoms with Gasteiger partial charge in [0.15, 0.2) is 0 Å². The molecule has 0 atom stereocenters.